The third kappa shape index (κ3) is 4.44. The lowest BCUT2D eigenvalue weighted by molar-refractivity contribution is 0.287. The maximum absolute atomic E-state index is 11.6. The summed E-state index contributed by atoms with van der Waals surface area (Å²) in [5, 5.41) is 18.9. The van der Waals surface area contributed by atoms with E-state index in [1.54, 1.807) is 25.3 Å². The van der Waals surface area contributed by atoms with Crippen molar-refractivity contribution >= 4 is 22.4 Å². The number of benzene rings is 1. The van der Waals surface area contributed by atoms with Crippen LogP contribution in [0.25, 0.3) is 0 Å². The number of methoxy groups -OCH3 is 1. The Kier molecular flexibility index (Phi) is 5.26. The van der Waals surface area contributed by atoms with Gasteiger partial charge in [-0.2, -0.15) is 0 Å². The number of nitrogens with zero attached hydrogens (tertiary/aromatic N) is 1. The van der Waals surface area contributed by atoms with E-state index in [4.69, 9.17) is 4.74 Å². The molecule has 1 heterocycles. The highest BCUT2D eigenvalue weighted by Gasteiger charge is 2.22. The Morgan fingerprint density at radius 2 is 2.05 bits per heavy atom. The highest BCUT2D eigenvalue weighted by Crippen LogP contribution is 2.15. The second kappa shape index (κ2) is 6.78. The van der Waals surface area contributed by atoms with Crippen LogP contribution in [-0.2, 0) is 16.4 Å². The van der Waals surface area contributed by atoms with Gasteiger partial charge in [0.05, 0.1) is 18.6 Å². The van der Waals surface area contributed by atoms with Gasteiger partial charge in [-0.3, -0.25) is 4.90 Å². The maximum atomic E-state index is 11.6. The standard InChI is InChI=1S/C13H20BNO5S/c1-20-12-3-4-13(14(16)17)11(9-12)10-15-5-2-7-21(18,19)8-6-15/h3-4,9,16-17H,2,5-8,10H2,1H3. The summed E-state index contributed by atoms with van der Waals surface area (Å²) in [6.07, 6.45) is 0.601. The Morgan fingerprint density at radius 1 is 1.29 bits per heavy atom. The number of hydrogen-bond acceptors (Lipinski definition) is 6. The van der Waals surface area contributed by atoms with Crippen LogP contribution in [0.3, 0.4) is 0 Å². The average molecular weight is 313 g/mol. The zero-order valence-electron chi connectivity index (χ0n) is 12.0. The lowest BCUT2D eigenvalue weighted by Gasteiger charge is -2.21. The molecule has 0 amide bonds. The molecular weight excluding hydrogens is 293 g/mol. The minimum atomic E-state index is -2.95. The van der Waals surface area contributed by atoms with Gasteiger partial charge in [-0.25, -0.2) is 8.42 Å². The molecule has 8 heteroatoms. The normalized spacial score (nSPS) is 19.0. The maximum Gasteiger partial charge on any atom is 0.488 e. The van der Waals surface area contributed by atoms with E-state index in [0.717, 1.165) is 5.56 Å². The van der Waals surface area contributed by atoms with E-state index in [1.165, 1.54) is 0 Å². The smallest absolute Gasteiger partial charge is 0.488 e. The van der Waals surface area contributed by atoms with Gasteiger partial charge in [0.1, 0.15) is 5.75 Å². The largest absolute Gasteiger partial charge is 0.497 e. The minimum Gasteiger partial charge on any atom is -0.497 e. The third-order valence-electron chi connectivity index (χ3n) is 3.67. The molecule has 0 spiro atoms. The molecule has 0 atom stereocenters. The second-order valence-corrected chi connectivity index (χ2v) is 7.52. The van der Waals surface area contributed by atoms with Crippen LogP contribution in [-0.4, -0.2) is 62.2 Å². The topological polar surface area (TPSA) is 87.1 Å². The molecule has 1 aliphatic rings. The molecule has 1 aliphatic heterocycles. The second-order valence-electron chi connectivity index (χ2n) is 5.22. The fraction of sp³-hybridized carbons (Fsp3) is 0.538. The van der Waals surface area contributed by atoms with Crippen LogP contribution in [0.1, 0.15) is 12.0 Å². The lowest BCUT2D eigenvalue weighted by Crippen LogP contribution is -2.36. The molecule has 6 nitrogen and oxygen atoms in total. The molecular formula is C13H20BNO5S. The van der Waals surface area contributed by atoms with Gasteiger partial charge >= 0.3 is 7.12 Å². The fourth-order valence-electron chi connectivity index (χ4n) is 2.49. The Hall–Kier alpha value is -1.09. The van der Waals surface area contributed by atoms with E-state index < -0.39 is 17.0 Å². The van der Waals surface area contributed by atoms with E-state index in [0.29, 0.717) is 37.3 Å². The molecule has 0 saturated carbocycles. The summed E-state index contributed by atoms with van der Waals surface area (Å²) < 4.78 is 28.4. The number of rotatable bonds is 4. The van der Waals surface area contributed by atoms with E-state index in [2.05, 4.69) is 0 Å². The van der Waals surface area contributed by atoms with Crippen LogP contribution in [0.2, 0.25) is 0 Å². The predicted molar refractivity (Wildman–Crippen MR) is 81.4 cm³/mol. The fourth-order valence-corrected chi connectivity index (χ4v) is 3.80. The molecule has 0 bridgehead atoms. The zero-order chi connectivity index (χ0) is 15.5. The van der Waals surface area contributed by atoms with Gasteiger partial charge in [0, 0.05) is 13.1 Å². The molecule has 1 fully saturated rings. The summed E-state index contributed by atoms with van der Waals surface area (Å²) in [5.74, 6) is 1.00. The Morgan fingerprint density at radius 3 is 2.71 bits per heavy atom. The van der Waals surface area contributed by atoms with Crippen molar-refractivity contribution in [3.05, 3.63) is 23.8 Å². The van der Waals surface area contributed by atoms with Crippen LogP contribution in [0.15, 0.2) is 18.2 Å². The summed E-state index contributed by atoms with van der Waals surface area (Å²) in [6, 6.07) is 5.05. The van der Waals surface area contributed by atoms with Crippen LogP contribution >= 0.6 is 0 Å². The molecule has 116 valence electrons. The first-order valence-corrected chi connectivity index (χ1v) is 8.69. The first-order chi connectivity index (χ1) is 9.91. The molecule has 1 aromatic rings. The number of hydrogen-bond donors (Lipinski definition) is 2. The SMILES string of the molecule is COc1ccc(B(O)O)c(CN2CCCS(=O)(=O)CC2)c1. The molecule has 21 heavy (non-hydrogen) atoms. The molecule has 2 rings (SSSR count). The summed E-state index contributed by atoms with van der Waals surface area (Å²) in [6.45, 7) is 1.61. The van der Waals surface area contributed by atoms with Crippen molar-refractivity contribution in [1.29, 1.82) is 0 Å². The molecule has 0 aromatic heterocycles. The van der Waals surface area contributed by atoms with Gasteiger partial charge < -0.3 is 14.8 Å². The number of ether oxygens (including phenoxy) is 1. The van der Waals surface area contributed by atoms with E-state index in [1.807, 2.05) is 4.90 Å². The van der Waals surface area contributed by atoms with Gasteiger partial charge in [-0.05, 0) is 36.1 Å². The average Bonchev–Trinajstić information content (AvgIpc) is 2.60. The van der Waals surface area contributed by atoms with Crippen LogP contribution in [0.4, 0.5) is 0 Å². The highest BCUT2D eigenvalue weighted by atomic mass is 32.2. The summed E-state index contributed by atoms with van der Waals surface area (Å²) in [5.41, 5.74) is 1.16. The zero-order valence-corrected chi connectivity index (χ0v) is 12.8. The summed E-state index contributed by atoms with van der Waals surface area (Å²) in [4.78, 5) is 2.02. The monoisotopic (exact) mass is 313 g/mol. The van der Waals surface area contributed by atoms with Crippen molar-refractivity contribution in [3.63, 3.8) is 0 Å². The molecule has 1 saturated heterocycles. The molecule has 0 radical (unpaired) electrons. The first kappa shape index (κ1) is 16.3. The molecule has 0 unspecified atom stereocenters. The van der Waals surface area contributed by atoms with Crippen LogP contribution in [0.5, 0.6) is 5.75 Å². The van der Waals surface area contributed by atoms with Crippen molar-refractivity contribution in [3.8, 4) is 5.75 Å². The van der Waals surface area contributed by atoms with Gasteiger partial charge in [0.2, 0.25) is 0 Å². The number of sulfone groups is 1. The van der Waals surface area contributed by atoms with Crippen molar-refractivity contribution in [2.45, 2.75) is 13.0 Å². The molecule has 2 N–H and O–H groups in total. The molecule has 1 aromatic carbocycles. The predicted octanol–water partition coefficient (Wildman–Crippen LogP) is -1.00. The first-order valence-electron chi connectivity index (χ1n) is 6.87. The van der Waals surface area contributed by atoms with Gasteiger partial charge in [-0.15, -0.1) is 0 Å². The molecule has 0 aliphatic carbocycles. The van der Waals surface area contributed by atoms with Crippen LogP contribution in [0, 0.1) is 0 Å². The van der Waals surface area contributed by atoms with Gasteiger partial charge in [0.25, 0.3) is 0 Å². The Balaban J connectivity index is 2.17. The van der Waals surface area contributed by atoms with E-state index in [9.17, 15) is 18.5 Å². The van der Waals surface area contributed by atoms with Gasteiger partial charge in [0.15, 0.2) is 9.84 Å². The lowest BCUT2D eigenvalue weighted by atomic mass is 9.77. The van der Waals surface area contributed by atoms with Crippen molar-refractivity contribution in [2.24, 2.45) is 0 Å². The summed E-state index contributed by atoms with van der Waals surface area (Å²) in [7, 11) is -2.95. The van der Waals surface area contributed by atoms with Gasteiger partial charge in [-0.1, -0.05) is 6.07 Å². The third-order valence-corrected chi connectivity index (χ3v) is 5.39. The Bertz CT molecular complexity index is 590. The van der Waals surface area contributed by atoms with Crippen molar-refractivity contribution in [2.75, 3.05) is 31.7 Å². The quantitative estimate of drug-likeness (QED) is 0.693. The van der Waals surface area contributed by atoms with Crippen LogP contribution < -0.4 is 10.2 Å². The van der Waals surface area contributed by atoms with Crippen molar-refractivity contribution in [1.82, 2.24) is 4.90 Å². The Labute approximate surface area is 125 Å². The minimum absolute atomic E-state index is 0.147. The van der Waals surface area contributed by atoms with Crippen molar-refractivity contribution < 1.29 is 23.2 Å². The van der Waals surface area contributed by atoms with E-state index >= 15 is 0 Å². The van der Waals surface area contributed by atoms with E-state index in [-0.39, 0.29) is 11.5 Å². The summed E-state index contributed by atoms with van der Waals surface area (Å²) >= 11 is 0. The highest BCUT2D eigenvalue weighted by molar-refractivity contribution is 7.91.